The van der Waals surface area contributed by atoms with Gasteiger partial charge in [0.25, 0.3) is 5.91 Å². The maximum Gasteiger partial charge on any atom is 0.251 e. The predicted molar refractivity (Wildman–Crippen MR) is 96.6 cm³/mol. The molecule has 6 nitrogen and oxygen atoms in total. The second-order valence-corrected chi connectivity index (χ2v) is 7.46. The Morgan fingerprint density at radius 3 is 2.69 bits per heavy atom. The fourth-order valence-electron chi connectivity index (χ4n) is 3.76. The quantitative estimate of drug-likeness (QED) is 0.871. The summed E-state index contributed by atoms with van der Waals surface area (Å²) in [4.78, 5) is 39.6. The first-order chi connectivity index (χ1) is 12.5. The van der Waals surface area contributed by atoms with E-state index in [2.05, 4.69) is 5.32 Å². The van der Waals surface area contributed by atoms with Gasteiger partial charge in [0, 0.05) is 12.1 Å². The highest BCUT2D eigenvalue weighted by atomic mass is 16.5. The third-order valence-electron chi connectivity index (χ3n) is 4.97. The Hall–Kier alpha value is -2.21. The van der Waals surface area contributed by atoms with Gasteiger partial charge in [0.1, 0.15) is 18.7 Å². The summed E-state index contributed by atoms with van der Waals surface area (Å²) >= 11 is 0. The Balaban J connectivity index is 1.77. The highest BCUT2D eigenvalue weighted by molar-refractivity contribution is 5.99. The number of benzene rings is 1. The average Bonchev–Trinajstić information content (AvgIpc) is 3.02. The Labute approximate surface area is 153 Å². The van der Waals surface area contributed by atoms with Crippen LogP contribution < -0.4 is 5.32 Å². The molecule has 2 aliphatic rings. The summed E-state index contributed by atoms with van der Waals surface area (Å²) in [5.41, 5.74) is 0.519. The molecule has 26 heavy (non-hydrogen) atoms. The number of likely N-dealkylation sites (tertiary alicyclic amines) is 1. The molecule has 6 heteroatoms. The zero-order valence-electron chi connectivity index (χ0n) is 15.3. The lowest BCUT2D eigenvalue weighted by atomic mass is 9.95. The van der Waals surface area contributed by atoms with Crippen molar-refractivity contribution >= 4 is 17.6 Å². The number of ether oxygens (including phenoxy) is 1. The van der Waals surface area contributed by atoms with Crippen LogP contribution in [0.4, 0.5) is 0 Å². The average molecular weight is 358 g/mol. The molecule has 1 aromatic rings. The molecule has 3 unspecified atom stereocenters. The summed E-state index contributed by atoms with van der Waals surface area (Å²) < 4.78 is 5.53. The van der Waals surface area contributed by atoms with Crippen LogP contribution in [-0.4, -0.2) is 53.8 Å². The van der Waals surface area contributed by atoms with E-state index in [0.717, 1.165) is 12.8 Å². The molecule has 0 spiro atoms. The summed E-state index contributed by atoms with van der Waals surface area (Å²) in [5.74, 6) is -0.263. The van der Waals surface area contributed by atoms with Gasteiger partial charge >= 0.3 is 0 Å². The number of amides is 2. The van der Waals surface area contributed by atoms with Gasteiger partial charge in [-0.25, -0.2) is 0 Å². The van der Waals surface area contributed by atoms with Gasteiger partial charge < -0.3 is 15.0 Å². The number of Topliss-reactive ketones (excluding diaryl/α,β-unsaturated/α-hetero) is 1. The van der Waals surface area contributed by atoms with Crippen LogP contribution >= 0.6 is 0 Å². The molecular weight excluding hydrogens is 332 g/mol. The monoisotopic (exact) mass is 358 g/mol. The standard InChI is InChI=1S/C20H26N2O4/c1-13(2)11-15(21-19(24)14-7-4-3-5-8-14)20(25)22-10-6-9-17-18(22)16(23)12-26-17/h3-5,7-8,13,15,17-18H,6,9-12H2,1-2H3,(H,21,24). The molecule has 3 rings (SSSR count). The van der Waals surface area contributed by atoms with Gasteiger partial charge in [-0.2, -0.15) is 0 Å². The molecule has 0 aromatic heterocycles. The van der Waals surface area contributed by atoms with Gasteiger partial charge in [0.05, 0.1) is 6.10 Å². The minimum atomic E-state index is -0.644. The van der Waals surface area contributed by atoms with Gasteiger partial charge in [-0.1, -0.05) is 32.0 Å². The third-order valence-corrected chi connectivity index (χ3v) is 4.97. The van der Waals surface area contributed by atoms with Gasteiger partial charge in [-0.15, -0.1) is 0 Å². The van der Waals surface area contributed by atoms with Crippen molar-refractivity contribution in [1.82, 2.24) is 10.2 Å². The van der Waals surface area contributed by atoms with E-state index in [1.807, 2.05) is 19.9 Å². The first-order valence-electron chi connectivity index (χ1n) is 9.28. The molecule has 0 aliphatic carbocycles. The second-order valence-electron chi connectivity index (χ2n) is 7.46. The van der Waals surface area contributed by atoms with E-state index in [4.69, 9.17) is 4.74 Å². The molecule has 2 aliphatic heterocycles. The SMILES string of the molecule is CC(C)CC(NC(=O)c1ccccc1)C(=O)N1CCCC2OCC(=O)C21. The highest BCUT2D eigenvalue weighted by Crippen LogP contribution is 2.27. The van der Waals surface area contributed by atoms with Gasteiger partial charge in [-0.3, -0.25) is 14.4 Å². The van der Waals surface area contributed by atoms with Crippen molar-refractivity contribution in [1.29, 1.82) is 0 Å². The molecular formula is C20H26N2O4. The maximum atomic E-state index is 13.2. The van der Waals surface area contributed by atoms with Gasteiger partial charge in [-0.05, 0) is 37.3 Å². The minimum Gasteiger partial charge on any atom is -0.368 e. The number of fused-ring (bicyclic) bond motifs is 1. The molecule has 0 saturated carbocycles. The minimum absolute atomic E-state index is 0.0410. The van der Waals surface area contributed by atoms with Crippen molar-refractivity contribution < 1.29 is 19.1 Å². The van der Waals surface area contributed by atoms with Crippen molar-refractivity contribution in [3.05, 3.63) is 35.9 Å². The molecule has 140 valence electrons. The lowest BCUT2D eigenvalue weighted by Crippen LogP contribution is -2.58. The third kappa shape index (κ3) is 3.96. The van der Waals surface area contributed by atoms with Crippen molar-refractivity contribution in [3.8, 4) is 0 Å². The molecule has 0 bridgehead atoms. The van der Waals surface area contributed by atoms with Crippen LogP contribution in [0.5, 0.6) is 0 Å². The number of rotatable bonds is 5. The number of carbonyl (C=O) groups is 3. The largest absolute Gasteiger partial charge is 0.368 e. The van der Waals surface area contributed by atoms with E-state index in [1.54, 1.807) is 29.2 Å². The highest BCUT2D eigenvalue weighted by Gasteiger charge is 2.45. The molecule has 2 fully saturated rings. The number of nitrogens with one attached hydrogen (secondary N) is 1. The summed E-state index contributed by atoms with van der Waals surface area (Å²) in [6.07, 6.45) is 1.93. The smallest absolute Gasteiger partial charge is 0.251 e. The Morgan fingerprint density at radius 2 is 2.00 bits per heavy atom. The first kappa shape index (κ1) is 18.6. The van der Waals surface area contributed by atoms with E-state index in [1.165, 1.54) is 0 Å². The topological polar surface area (TPSA) is 75.7 Å². The molecule has 2 saturated heterocycles. The van der Waals surface area contributed by atoms with Crippen molar-refractivity contribution in [2.45, 2.75) is 51.3 Å². The second kappa shape index (κ2) is 7.99. The van der Waals surface area contributed by atoms with E-state index in [-0.39, 0.29) is 36.2 Å². The molecule has 2 heterocycles. The van der Waals surface area contributed by atoms with Crippen LogP contribution in [0.1, 0.15) is 43.5 Å². The fourth-order valence-corrected chi connectivity index (χ4v) is 3.76. The number of ketones is 1. The molecule has 1 N–H and O–H groups in total. The van der Waals surface area contributed by atoms with Crippen molar-refractivity contribution in [2.75, 3.05) is 13.2 Å². The lowest BCUT2D eigenvalue weighted by Gasteiger charge is -2.37. The lowest BCUT2D eigenvalue weighted by molar-refractivity contribution is -0.142. The molecule has 3 atom stereocenters. The summed E-state index contributed by atoms with van der Waals surface area (Å²) in [6.45, 7) is 4.63. The summed E-state index contributed by atoms with van der Waals surface area (Å²) in [6, 6.07) is 7.72. The number of nitrogens with zero attached hydrogens (tertiary/aromatic N) is 1. The summed E-state index contributed by atoms with van der Waals surface area (Å²) in [5, 5.41) is 2.87. The van der Waals surface area contributed by atoms with Gasteiger partial charge in [0.15, 0.2) is 5.78 Å². The van der Waals surface area contributed by atoms with E-state index < -0.39 is 12.1 Å². The van der Waals surface area contributed by atoms with Crippen LogP contribution in [0.2, 0.25) is 0 Å². The molecule has 1 aromatic carbocycles. The first-order valence-corrected chi connectivity index (χ1v) is 9.28. The van der Waals surface area contributed by atoms with Crippen molar-refractivity contribution in [2.24, 2.45) is 5.92 Å². The van der Waals surface area contributed by atoms with Gasteiger partial charge in [0.2, 0.25) is 5.91 Å². The zero-order chi connectivity index (χ0) is 18.7. The maximum absolute atomic E-state index is 13.2. The molecule has 0 radical (unpaired) electrons. The molecule has 2 amide bonds. The van der Waals surface area contributed by atoms with Crippen LogP contribution in [0.3, 0.4) is 0 Å². The Morgan fingerprint density at radius 1 is 1.27 bits per heavy atom. The van der Waals surface area contributed by atoms with Crippen LogP contribution in [0.25, 0.3) is 0 Å². The van der Waals surface area contributed by atoms with Crippen LogP contribution in [0, 0.1) is 5.92 Å². The number of carbonyl (C=O) groups excluding carboxylic acids is 3. The zero-order valence-corrected chi connectivity index (χ0v) is 15.3. The van der Waals surface area contributed by atoms with E-state index in [9.17, 15) is 14.4 Å². The van der Waals surface area contributed by atoms with E-state index >= 15 is 0 Å². The Bertz CT molecular complexity index is 674. The fraction of sp³-hybridized carbons (Fsp3) is 0.550. The predicted octanol–water partition coefficient (Wildman–Crippen LogP) is 1.79. The number of piperidine rings is 1. The van der Waals surface area contributed by atoms with Crippen LogP contribution in [-0.2, 0) is 14.3 Å². The number of hydrogen-bond donors (Lipinski definition) is 1. The number of hydrogen-bond acceptors (Lipinski definition) is 4. The Kier molecular flexibility index (Phi) is 5.71. The van der Waals surface area contributed by atoms with Crippen molar-refractivity contribution in [3.63, 3.8) is 0 Å². The van der Waals surface area contributed by atoms with Crippen LogP contribution in [0.15, 0.2) is 30.3 Å². The van der Waals surface area contributed by atoms with E-state index in [0.29, 0.717) is 18.5 Å². The summed E-state index contributed by atoms with van der Waals surface area (Å²) in [7, 11) is 0. The normalized spacial score (nSPS) is 23.7.